The van der Waals surface area contributed by atoms with Crippen molar-refractivity contribution >= 4 is 17.9 Å². The van der Waals surface area contributed by atoms with Gasteiger partial charge >= 0.3 is 12.0 Å². The molecule has 1 unspecified atom stereocenters. The molecular weight excluding hydrogens is 262 g/mol. The van der Waals surface area contributed by atoms with Crippen LogP contribution in [0.15, 0.2) is 0 Å². The number of hydrogen-bond acceptors (Lipinski definition) is 3. The molecule has 0 radical (unpaired) electrons. The first-order valence-electron chi connectivity index (χ1n) is 6.84. The molecule has 0 aliphatic rings. The molecule has 3 amide bonds. The number of carboxylic acids is 1. The highest BCUT2D eigenvalue weighted by atomic mass is 16.4. The van der Waals surface area contributed by atoms with Crippen LogP contribution < -0.4 is 10.6 Å². The lowest BCUT2D eigenvalue weighted by atomic mass is 9.99. The van der Waals surface area contributed by atoms with Crippen molar-refractivity contribution in [1.82, 2.24) is 15.5 Å². The van der Waals surface area contributed by atoms with Crippen LogP contribution in [0.5, 0.6) is 0 Å². The van der Waals surface area contributed by atoms with Crippen molar-refractivity contribution in [3.05, 3.63) is 0 Å². The van der Waals surface area contributed by atoms with Crippen LogP contribution in [0.2, 0.25) is 0 Å². The minimum Gasteiger partial charge on any atom is -0.480 e. The number of carbonyl (C=O) groups excluding carboxylic acids is 2. The topological polar surface area (TPSA) is 98.7 Å². The van der Waals surface area contributed by atoms with Gasteiger partial charge in [-0.25, -0.2) is 9.59 Å². The lowest BCUT2D eigenvalue weighted by Crippen LogP contribution is -2.51. The van der Waals surface area contributed by atoms with E-state index in [0.717, 1.165) is 6.42 Å². The van der Waals surface area contributed by atoms with Gasteiger partial charge in [0, 0.05) is 13.6 Å². The number of carbonyl (C=O) groups is 3. The van der Waals surface area contributed by atoms with Crippen LogP contribution in [0, 0.1) is 5.92 Å². The molecule has 7 heteroatoms. The summed E-state index contributed by atoms with van der Waals surface area (Å²) in [7, 11) is 1.45. The average Bonchev–Trinajstić information content (AvgIpc) is 2.40. The van der Waals surface area contributed by atoms with Crippen molar-refractivity contribution in [2.75, 3.05) is 20.1 Å². The fourth-order valence-corrected chi connectivity index (χ4v) is 1.53. The zero-order valence-electron chi connectivity index (χ0n) is 12.6. The SMILES string of the molecule is CCCNC(=O)CN(C)C(=O)N[C@H](C(=O)O)C(C)CC. The molecule has 20 heavy (non-hydrogen) atoms. The van der Waals surface area contributed by atoms with Crippen molar-refractivity contribution in [2.45, 2.75) is 39.7 Å². The second-order valence-corrected chi connectivity index (χ2v) is 4.86. The van der Waals surface area contributed by atoms with E-state index in [1.54, 1.807) is 6.92 Å². The minimum atomic E-state index is -1.07. The zero-order chi connectivity index (χ0) is 15.7. The maximum absolute atomic E-state index is 11.9. The molecule has 0 bridgehead atoms. The van der Waals surface area contributed by atoms with Crippen molar-refractivity contribution in [2.24, 2.45) is 5.92 Å². The Morgan fingerprint density at radius 2 is 1.85 bits per heavy atom. The Bertz CT molecular complexity index is 347. The maximum Gasteiger partial charge on any atom is 0.326 e. The van der Waals surface area contributed by atoms with E-state index in [9.17, 15) is 14.4 Å². The first-order chi connectivity index (χ1) is 9.33. The lowest BCUT2D eigenvalue weighted by molar-refractivity contribution is -0.140. The summed E-state index contributed by atoms with van der Waals surface area (Å²) in [6.45, 7) is 6.00. The second-order valence-electron chi connectivity index (χ2n) is 4.86. The first-order valence-corrected chi connectivity index (χ1v) is 6.84. The van der Waals surface area contributed by atoms with Crippen LogP contribution in [0.25, 0.3) is 0 Å². The third-order valence-electron chi connectivity index (χ3n) is 3.06. The number of nitrogens with one attached hydrogen (secondary N) is 2. The Hall–Kier alpha value is -1.79. The largest absolute Gasteiger partial charge is 0.480 e. The highest BCUT2D eigenvalue weighted by molar-refractivity contribution is 5.86. The van der Waals surface area contributed by atoms with Crippen LogP contribution >= 0.6 is 0 Å². The van der Waals surface area contributed by atoms with Gasteiger partial charge in [0.2, 0.25) is 5.91 Å². The van der Waals surface area contributed by atoms with E-state index in [0.29, 0.717) is 13.0 Å². The van der Waals surface area contributed by atoms with Crippen molar-refractivity contribution < 1.29 is 19.5 Å². The van der Waals surface area contributed by atoms with E-state index in [2.05, 4.69) is 10.6 Å². The Balaban J connectivity index is 4.42. The summed E-state index contributed by atoms with van der Waals surface area (Å²) in [6, 6.07) is -1.52. The Morgan fingerprint density at radius 1 is 1.25 bits per heavy atom. The standard InChI is InChI=1S/C13H25N3O4/c1-5-7-14-10(17)8-16(4)13(20)15-11(12(18)19)9(3)6-2/h9,11H,5-8H2,1-4H3,(H,14,17)(H,15,20)(H,18,19)/t9?,11-/m0/s1. The van der Waals surface area contributed by atoms with E-state index >= 15 is 0 Å². The summed E-state index contributed by atoms with van der Waals surface area (Å²) in [5, 5.41) is 14.2. The molecule has 0 fully saturated rings. The molecule has 0 aromatic rings. The van der Waals surface area contributed by atoms with Crippen LogP contribution in [-0.4, -0.2) is 54.1 Å². The molecule has 2 atom stereocenters. The molecule has 0 aromatic heterocycles. The zero-order valence-corrected chi connectivity index (χ0v) is 12.6. The van der Waals surface area contributed by atoms with Crippen molar-refractivity contribution in [3.8, 4) is 0 Å². The number of carboxylic acid groups (broad SMARTS) is 1. The van der Waals surface area contributed by atoms with Crippen LogP contribution in [0.4, 0.5) is 4.79 Å². The highest BCUT2D eigenvalue weighted by Crippen LogP contribution is 2.08. The van der Waals surface area contributed by atoms with Gasteiger partial charge in [-0.15, -0.1) is 0 Å². The molecule has 0 saturated carbocycles. The van der Waals surface area contributed by atoms with E-state index in [-0.39, 0.29) is 18.4 Å². The van der Waals surface area contributed by atoms with Crippen molar-refractivity contribution in [3.63, 3.8) is 0 Å². The van der Waals surface area contributed by atoms with Gasteiger partial charge in [-0.2, -0.15) is 0 Å². The van der Waals surface area contributed by atoms with E-state index in [1.165, 1.54) is 11.9 Å². The van der Waals surface area contributed by atoms with Gasteiger partial charge in [-0.1, -0.05) is 27.2 Å². The van der Waals surface area contributed by atoms with Gasteiger partial charge in [0.25, 0.3) is 0 Å². The summed E-state index contributed by atoms with van der Waals surface area (Å²) in [5.74, 6) is -1.52. The number of likely N-dealkylation sites (N-methyl/N-ethyl adjacent to an activating group) is 1. The summed E-state index contributed by atoms with van der Waals surface area (Å²) in [5.41, 5.74) is 0. The fraction of sp³-hybridized carbons (Fsp3) is 0.769. The molecule has 0 aliphatic heterocycles. The summed E-state index contributed by atoms with van der Waals surface area (Å²) in [6.07, 6.45) is 1.45. The molecule has 0 spiro atoms. The molecule has 0 heterocycles. The van der Waals surface area contributed by atoms with Crippen molar-refractivity contribution in [1.29, 1.82) is 0 Å². The highest BCUT2D eigenvalue weighted by Gasteiger charge is 2.26. The molecular formula is C13H25N3O4. The normalized spacial score (nSPS) is 13.2. The predicted molar refractivity (Wildman–Crippen MR) is 75.3 cm³/mol. The van der Waals surface area contributed by atoms with Crippen LogP contribution in [0.1, 0.15) is 33.6 Å². The smallest absolute Gasteiger partial charge is 0.326 e. The quantitative estimate of drug-likeness (QED) is 0.610. The second kappa shape index (κ2) is 9.17. The number of urea groups is 1. The number of rotatable bonds is 8. The number of hydrogen-bond donors (Lipinski definition) is 3. The fourth-order valence-electron chi connectivity index (χ4n) is 1.53. The van der Waals surface area contributed by atoms with Gasteiger partial charge in [0.15, 0.2) is 0 Å². The first kappa shape index (κ1) is 18.2. The van der Waals surface area contributed by atoms with Gasteiger partial charge in [0.1, 0.15) is 12.6 Å². The molecule has 3 N–H and O–H groups in total. The molecule has 0 aliphatic carbocycles. The summed E-state index contributed by atoms with van der Waals surface area (Å²) < 4.78 is 0. The maximum atomic E-state index is 11.9. The van der Waals surface area contributed by atoms with Gasteiger partial charge in [-0.3, -0.25) is 4.79 Å². The molecule has 116 valence electrons. The molecule has 0 rings (SSSR count). The van der Waals surface area contributed by atoms with E-state index < -0.39 is 18.0 Å². The van der Waals surface area contributed by atoms with Gasteiger partial charge in [0.05, 0.1) is 0 Å². The summed E-state index contributed by atoms with van der Waals surface area (Å²) >= 11 is 0. The summed E-state index contributed by atoms with van der Waals surface area (Å²) in [4.78, 5) is 35.6. The average molecular weight is 287 g/mol. The molecule has 0 aromatic carbocycles. The van der Waals surface area contributed by atoms with Gasteiger partial charge < -0.3 is 20.6 Å². The Kier molecular flexibility index (Phi) is 8.35. The number of nitrogens with zero attached hydrogens (tertiary/aromatic N) is 1. The van der Waals surface area contributed by atoms with E-state index in [1.807, 2.05) is 13.8 Å². The third kappa shape index (κ3) is 6.40. The van der Waals surface area contributed by atoms with Crippen LogP contribution in [-0.2, 0) is 9.59 Å². The molecule has 0 saturated heterocycles. The lowest BCUT2D eigenvalue weighted by Gasteiger charge is -2.24. The number of amides is 3. The third-order valence-corrected chi connectivity index (χ3v) is 3.06. The van der Waals surface area contributed by atoms with Crippen LogP contribution in [0.3, 0.4) is 0 Å². The monoisotopic (exact) mass is 287 g/mol. The molecule has 7 nitrogen and oxygen atoms in total. The minimum absolute atomic E-state index is 0.0985. The predicted octanol–water partition coefficient (Wildman–Crippen LogP) is 0.653. The Morgan fingerprint density at radius 3 is 2.30 bits per heavy atom. The Labute approximate surface area is 119 Å². The van der Waals surface area contributed by atoms with E-state index in [4.69, 9.17) is 5.11 Å². The van der Waals surface area contributed by atoms with Gasteiger partial charge in [-0.05, 0) is 12.3 Å². The number of aliphatic carboxylic acids is 1.